The van der Waals surface area contributed by atoms with Crippen molar-refractivity contribution in [3.05, 3.63) is 32.6 Å². The molecule has 0 aliphatic heterocycles. The van der Waals surface area contributed by atoms with E-state index in [1.807, 2.05) is 0 Å². The molecule has 0 N–H and O–H groups in total. The zero-order valence-electron chi connectivity index (χ0n) is 7.00. The molecule has 0 saturated heterocycles. The summed E-state index contributed by atoms with van der Waals surface area (Å²) in [6.45, 7) is 1.44. The largest absolute Gasteiger partial charge is 0.283 e. The van der Waals surface area contributed by atoms with E-state index in [9.17, 15) is 18.9 Å². The second-order valence-electron chi connectivity index (χ2n) is 2.55. The topological polar surface area (TPSA) is 56.0 Å². The molecule has 0 unspecified atom stereocenters. The van der Waals surface area contributed by atoms with Gasteiger partial charge >= 0.3 is 0 Å². The molecule has 0 fully saturated rings. The fraction of sp³-hybridized carbons (Fsp3) is 0.286. The summed E-state index contributed by atoms with van der Waals surface area (Å²) in [6.07, 6.45) is -3.00. The van der Waals surface area contributed by atoms with Crippen molar-refractivity contribution in [2.24, 2.45) is 0 Å². The van der Waals surface area contributed by atoms with Gasteiger partial charge in [0, 0.05) is 11.8 Å². The van der Waals surface area contributed by atoms with E-state index in [1.165, 1.54) is 6.92 Å². The van der Waals surface area contributed by atoms with Gasteiger partial charge in [-0.1, -0.05) is 11.6 Å². The predicted molar refractivity (Wildman–Crippen MR) is 45.6 cm³/mol. The van der Waals surface area contributed by atoms with Crippen LogP contribution in [0.1, 0.15) is 17.7 Å². The first kappa shape index (κ1) is 10.8. The molecule has 1 aromatic rings. The van der Waals surface area contributed by atoms with E-state index in [1.54, 1.807) is 0 Å². The molecule has 76 valence electrons. The number of hydrogen-bond acceptors (Lipinski definition) is 3. The number of nitrogens with zero attached hydrogens (tertiary/aromatic N) is 2. The summed E-state index contributed by atoms with van der Waals surface area (Å²) >= 11 is 5.38. The Labute approximate surface area is 82.7 Å². The summed E-state index contributed by atoms with van der Waals surface area (Å²) in [7, 11) is 0. The van der Waals surface area contributed by atoms with Crippen molar-refractivity contribution >= 4 is 17.3 Å². The van der Waals surface area contributed by atoms with Gasteiger partial charge < -0.3 is 0 Å². The van der Waals surface area contributed by atoms with Crippen molar-refractivity contribution in [1.29, 1.82) is 0 Å². The van der Waals surface area contributed by atoms with Crippen molar-refractivity contribution in [2.45, 2.75) is 13.3 Å². The molecule has 1 rings (SSSR count). The van der Waals surface area contributed by atoms with Gasteiger partial charge in [-0.05, 0) is 6.92 Å². The molecule has 0 radical (unpaired) electrons. The summed E-state index contributed by atoms with van der Waals surface area (Å²) in [5.41, 5.74) is -1.30. The lowest BCUT2D eigenvalue weighted by molar-refractivity contribution is -0.386. The van der Waals surface area contributed by atoms with E-state index in [2.05, 4.69) is 4.98 Å². The lowest BCUT2D eigenvalue weighted by Crippen LogP contribution is -2.00. The van der Waals surface area contributed by atoms with Crippen molar-refractivity contribution in [2.75, 3.05) is 0 Å². The van der Waals surface area contributed by atoms with E-state index in [0.29, 0.717) is 0 Å². The van der Waals surface area contributed by atoms with Crippen LogP contribution in [0.3, 0.4) is 0 Å². The first-order valence-corrected chi connectivity index (χ1v) is 3.91. The molecule has 1 heterocycles. The Bertz CT molecular complexity index is 384. The number of halogens is 3. The van der Waals surface area contributed by atoms with Gasteiger partial charge in [0.05, 0.1) is 4.92 Å². The Morgan fingerprint density at radius 3 is 2.64 bits per heavy atom. The maximum Gasteiger partial charge on any atom is 0.283 e. The van der Waals surface area contributed by atoms with Crippen LogP contribution >= 0.6 is 11.6 Å². The summed E-state index contributed by atoms with van der Waals surface area (Å²) in [5, 5.41) is 9.89. The van der Waals surface area contributed by atoms with E-state index in [-0.39, 0.29) is 5.69 Å². The zero-order valence-corrected chi connectivity index (χ0v) is 7.76. The molecule has 0 atom stereocenters. The summed E-state index contributed by atoms with van der Waals surface area (Å²) in [4.78, 5) is 13.0. The van der Waals surface area contributed by atoms with Gasteiger partial charge in [0.15, 0.2) is 0 Å². The maximum absolute atomic E-state index is 12.4. The second kappa shape index (κ2) is 3.83. The Kier molecular flexibility index (Phi) is 2.95. The highest BCUT2D eigenvalue weighted by molar-refractivity contribution is 6.30. The highest BCUT2D eigenvalue weighted by Gasteiger charge is 2.26. The normalized spacial score (nSPS) is 10.6. The molecule has 4 nitrogen and oxygen atoms in total. The molecular weight excluding hydrogens is 218 g/mol. The molecule has 7 heteroatoms. The van der Waals surface area contributed by atoms with E-state index < -0.39 is 27.8 Å². The third kappa shape index (κ3) is 1.95. The Morgan fingerprint density at radius 1 is 1.64 bits per heavy atom. The van der Waals surface area contributed by atoms with Crippen LogP contribution in [0.4, 0.5) is 14.5 Å². The van der Waals surface area contributed by atoms with Gasteiger partial charge in [0.2, 0.25) is 0 Å². The number of nitro groups is 1. The van der Waals surface area contributed by atoms with Gasteiger partial charge in [-0.2, -0.15) is 0 Å². The average Bonchev–Trinajstić information content (AvgIpc) is 2.01. The van der Waals surface area contributed by atoms with Gasteiger partial charge in [-0.3, -0.25) is 10.1 Å². The average molecular weight is 223 g/mol. The minimum absolute atomic E-state index is 0.228. The molecule has 0 bridgehead atoms. The van der Waals surface area contributed by atoms with Crippen LogP contribution < -0.4 is 0 Å². The maximum atomic E-state index is 12.4. The van der Waals surface area contributed by atoms with Gasteiger partial charge in [-0.15, -0.1) is 0 Å². The van der Waals surface area contributed by atoms with Gasteiger partial charge in [-0.25, -0.2) is 13.8 Å². The quantitative estimate of drug-likeness (QED) is 0.439. The van der Waals surface area contributed by atoms with Crippen molar-refractivity contribution in [3.8, 4) is 0 Å². The monoisotopic (exact) mass is 222 g/mol. The fourth-order valence-electron chi connectivity index (χ4n) is 0.982. The summed E-state index contributed by atoms with van der Waals surface area (Å²) in [5.74, 6) is 0. The third-order valence-corrected chi connectivity index (χ3v) is 1.82. The number of aromatic nitrogens is 1. The van der Waals surface area contributed by atoms with E-state index in [0.717, 1.165) is 6.07 Å². The minimum Gasteiger partial charge on any atom is -0.258 e. The van der Waals surface area contributed by atoms with Crippen LogP contribution in [0.5, 0.6) is 0 Å². The fourth-order valence-corrected chi connectivity index (χ4v) is 1.29. The van der Waals surface area contributed by atoms with Crippen molar-refractivity contribution in [3.63, 3.8) is 0 Å². The van der Waals surface area contributed by atoms with Crippen LogP contribution in [-0.2, 0) is 0 Å². The van der Waals surface area contributed by atoms with Gasteiger partial charge in [0.1, 0.15) is 10.7 Å². The SMILES string of the molecule is Cc1cc([N+](=O)[O-])c(C(F)F)c(Cl)n1. The lowest BCUT2D eigenvalue weighted by atomic mass is 10.2. The molecule has 0 aliphatic carbocycles. The summed E-state index contributed by atoms with van der Waals surface area (Å²) in [6, 6.07) is 0.966. The van der Waals surface area contributed by atoms with Crippen LogP contribution in [0.25, 0.3) is 0 Å². The van der Waals surface area contributed by atoms with Crippen molar-refractivity contribution < 1.29 is 13.7 Å². The van der Waals surface area contributed by atoms with Crippen LogP contribution in [0, 0.1) is 17.0 Å². The van der Waals surface area contributed by atoms with Crippen molar-refractivity contribution in [1.82, 2.24) is 4.98 Å². The molecule has 0 saturated carbocycles. The van der Waals surface area contributed by atoms with Crippen LogP contribution in [0.15, 0.2) is 6.07 Å². The Balaban J connectivity index is 3.44. The lowest BCUT2D eigenvalue weighted by Gasteiger charge is -2.04. The number of alkyl halides is 2. The van der Waals surface area contributed by atoms with Crippen LogP contribution in [-0.4, -0.2) is 9.91 Å². The number of hydrogen-bond donors (Lipinski definition) is 0. The number of aryl methyl sites for hydroxylation is 1. The highest BCUT2D eigenvalue weighted by atomic mass is 35.5. The first-order chi connectivity index (χ1) is 6.43. The smallest absolute Gasteiger partial charge is 0.258 e. The second-order valence-corrected chi connectivity index (χ2v) is 2.90. The third-order valence-electron chi connectivity index (χ3n) is 1.53. The number of rotatable bonds is 2. The molecule has 0 amide bonds. The van der Waals surface area contributed by atoms with Gasteiger partial charge in [0.25, 0.3) is 12.1 Å². The number of pyridine rings is 1. The minimum atomic E-state index is -3.00. The zero-order chi connectivity index (χ0) is 10.9. The predicted octanol–water partition coefficient (Wildman–Crippen LogP) is 2.89. The molecule has 0 aliphatic rings. The Hall–Kier alpha value is -1.30. The molecule has 0 spiro atoms. The molecule has 0 aromatic carbocycles. The standard InChI is InChI=1S/C7H5ClF2N2O2/c1-3-2-4(12(13)14)5(7(9)10)6(8)11-3/h2,7H,1H3. The summed E-state index contributed by atoms with van der Waals surface area (Å²) < 4.78 is 24.7. The Morgan fingerprint density at radius 2 is 2.21 bits per heavy atom. The first-order valence-electron chi connectivity index (χ1n) is 3.53. The highest BCUT2D eigenvalue weighted by Crippen LogP contribution is 2.34. The molecular formula is C7H5ClF2N2O2. The van der Waals surface area contributed by atoms with E-state index in [4.69, 9.17) is 11.6 Å². The van der Waals surface area contributed by atoms with Crippen LogP contribution in [0.2, 0.25) is 5.15 Å². The van der Waals surface area contributed by atoms with E-state index >= 15 is 0 Å². The molecule has 14 heavy (non-hydrogen) atoms. The molecule has 1 aromatic heterocycles.